The molecule has 0 unspecified atom stereocenters. The zero-order chi connectivity index (χ0) is 15.5. The molecule has 0 aromatic rings. The van der Waals surface area contributed by atoms with Gasteiger partial charge in [-0.05, 0) is 19.3 Å². The van der Waals surface area contributed by atoms with Crippen molar-refractivity contribution in [2.24, 2.45) is 0 Å². The van der Waals surface area contributed by atoms with Crippen LogP contribution < -0.4 is 0 Å². The van der Waals surface area contributed by atoms with E-state index in [-0.39, 0.29) is 5.91 Å². The first-order valence-electron chi connectivity index (χ1n) is 8.69. The number of hydrogen-bond acceptors (Lipinski definition) is 2. The summed E-state index contributed by atoms with van der Waals surface area (Å²) in [4.78, 5) is 24.6. The molecule has 0 saturated carbocycles. The van der Waals surface area contributed by atoms with Crippen molar-refractivity contribution in [3.05, 3.63) is 0 Å². The van der Waals surface area contributed by atoms with Gasteiger partial charge in [-0.3, -0.25) is 4.79 Å². The molecule has 1 aliphatic rings. The van der Waals surface area contributed by atoms with Crippen LogP contribution in [0.4, 0.5) is 0 Å². The molecule has 0 radical (unpaired) electrons. The predicted octanol–water partition coefficient (Wildman–Crippen LogP) is 3.98. The second-order valence-corrected chi connectivity index (χ2v) is 6.16. The maximum Gasteiger partial charge on any atom is 0.326 e. The summed E-state index contributed by atoms with van der Waals surface area (Å²) < 4.78 is 0. The average molecular weight is 297 g/mol. The van der Waals surface area contributed by atoms with Crippen LogP contribution in [-0.2, 0) is 9.59 Å². The van der Waals surface area contributed by atoms with Gasteiger partial charge in [-0.2, -0.15) is 0 Å². The van der Waals surface area contributed by atoms with E-state index in [0.717, 1.165) is 19.3 Å². The van der Waals surface area contributed by atoms with Gasteiger partial charge in [0, 0.05) is 13.0 Å². The lowest BCUT2D eigenvalue weighted by atomic mass is 10.1. The summed E-state index contributed by atoms with van der Waals surface area (Å²) >= 11 is 0. The number of carboxylic acids is 1. The van der Waals surface area contributed by atoms with E-state index in [0.29, 0.717) is 19.4 Å². The van der Waals surface area contributed by atoms with E-state index >= 15 is 0 Å². The van der Waals surface area contributed by atoms with Gasteiger partial charge in [-0.1, -0.05) is 58.3 Å². The van der Waals surface area contributed by atoms with Gasteiger partial charge in [-0.25, -0.2) is 4.79 Å². The van der Waals surface area contributed by atoms with Gasteiger partial charge in [0.05, 0.1) is 0 Å². The van der Waals surface area contributed by atoms with Crippen LogP contribution in [0.1, 0.15) is 84.0 Å². The first kappa shape index (κ1) is 18.0. The molecule has 4 heteroatoms. The second-order valence-electron chi connectivity index (χ2n) is 6.16. The van der Waals surface area contributed by atoms with E-state index < -0.39 is 12.0 Å². The zero-order valence-electron chi connectivity index (χ0n) is 13.5. The largest absolute Gasteiger partial charge is 0.480 e. The molecule has 1 aliphatic heterocycles. The summed E-state index contributed by atoms with van der Waals surface area (Å²) in [5.41, 5.74) is 0. The fourth-order valence-electron chi connectivity index (χ4n) is 3.05. The Morgan fingerprint density at radius 1 is 1.00 bits per heavy atom. The van der Waals surface area contributed by atoms with Gasteiger partial charge >= 0.3 is 5.97 Å². The van der Waals surface area contributed by atoms with Crippen molar-refractivity contribution in [3.8, 4) is 0 Å². The first-order chi connectivity index (χ1) is 10.2. The van der Waals surface area contributed by atoms with Crippen molar-refractivity contribution in [1.29, 1.82) is 0 Å². The summed E-state index contributed by atoms with van der Waals surface area (Å²) in [6.45, 7) is 2.85. The Balaban J connectivity index is 2.02. The van der Waals surface area contributed by atoms with Crippen LogP contribution >= 0.6 is 0 Å². The lowest BCUT2D eigenvalue weighted by Crippen LogP contribution is -2.40. The van der Waals surface area contributed by atoms with Gasteiger partial charge in [0.2, 0.25) is 5.91 Å². The highest BCUT2D eigenvalue weighted by molar-refractivity contribution is 5.84. The molecule has 1 N–H and O–H groups in total. The quantitative estimate of drug-likeness (QED) is 0.587. The monoisotopic (exact) mass is 297 g/mol. The van der Waals surface area contributed by atoms with Gasteiger partial charge in [0.25, 0.3) is 0 Å². The molecule has 1 atom stereocenters. The number of amides is 1. The Morgan fingerprint density at radius 3 is 2.14 bits per heavy atom. The fourth-order valence-corrected chi connectivity index (χ4v) is 3.05. The van der Waals surface area contributed by atoms with E-state index in [1.54, 1.807) is 4.90 Å². The molecule has 1 fully saturated rings. The lowest BCUT2D eigenvalue weighted by molar-refractivity contribution is -0.148. The molecule has 1 rings (SSSR count). The summed E-state index contributed by atoms with van der Waals surface area (Å²) in [5, 5.41) is 9.07. The molecule has 0 aromatic carbocycles. The van der Waals surface area contributed by atoms with E-state index in [1.165, 1.54) is 44.9 Å². The summed E-state index contributed by atoms with van der Waals surface area (Å²) in [7, 11) is 0. The third-order valence-corrected chi connectivity index (χ3v) is 4.35. The smallest absolute Gasteiger partial charge is 0.326 e. The molecule has 0 bridgehead atoms. The molecule has 21 heavy (non-hydrogen) atoms. The summed E-state index contributed by atoms with van der Waals surface area (Å²) in [5.74, 6) is -0.823. The number of unbranched alkanes of at least 4 members (excludes halogenated alkanes) is 8. The molecule has 0 aliphatic carbocycles. The van der Waals surface area contributed by atoms with Crippen molar-refractivity contribution >= 4 is 11.9 Å². The molecule has 122 valence electrons. The van der Waals surface area contributed by atoms with Crippen molar-refractivity contribution in [3.63, 3.8) is 0 Å². The Bertz CT molecular complexity index is 317. The van der Waals surface area contributed by atoms with E-state index in [2.05, 4.69) is 6.92 Å². The fraction of sp³-hybridized carbons (Fsp3) is 0.882. The highest BCUT2D eigenvalue weighted by Gasteiger charge is 2.33. The first-order valence-corrected chi connectivity index (χ1v) is 8.69. The second kappa shape index (κ2) is 10.6. The number of nitrogens with zero attached hydrogens (tertiary/aromatic N) is 1. The zero-order valence-corrected chi connectivity index (χ0v) is 13.5. The molecule has 1 amide bonds. The Labute approximate surface area is 128 Å². The normalized spacial score (nSPS) is 18.1. The maximum atomic E-state index is 12.0. The topological polar surface area (TPSA) is 57.6 Å². The predicted molar refractivity (Wildman–Crippen MR) is 84.2 cm³/mol. The maximum absolute atomic E-state index is 12.0. The Kier molecular flexibility index (Phi) is 9.11. The minimum Gasteiger partial charge on any atom is -0.480 e. The van der Waals surface area contributed by atoms with Crippen molar-refractivity contribution in [2.75, 3.05) is 6.54 Å². The number of carbonyl (C=O) groups is 2. The Hall–Kier alpha value is -1.06. The standard InChI is InChI=1S/C17H31NO3/c1-2-3-4-5-6-7-8-9-10-13-16(19)18-14-11-12-15(18)17(20)21/h15H,2-14H2,1H3,(H,20,21)/t15-/m0/s1. The number of carbonyl (C=O) groups excluding carboxylic acids is 1. The van der Waals surface area contributed by atoms with Crippen LogP contribution in [0.5, 0.6) is 0 Å². The molecule has 1 heterocycles. The van der Waals surface area contributed by atoms with Crippen LogP contribution in [0.3, 0.4) is 0 Å². The minimum absolute atomic E-state index is 0.0304. The van der Waals surface area contributed by atoms with Crippen molar-refractivity contribution < 1.29 is 14.7 Å². The van der Waals surface area contributed by atoms with Gasteiger partial charge in [-0.15, -0.1) is 0 Å². The van der Waals surface area contributed by atoms with Gasteiger partial charge < -0.3 is 10.0 Å². The SMILES string of the molecule is CCCCCCCCCCCC(=O)N1CCC[C@H]1C(=O)O. The molecule has 1 saturated heterocycles. The number of aliphatic carboxylic acids is 1. The highest BCUT2D eigenvalue weighted by Crippen LogP contribution is 2.19. The van der Waals surface area contributed by atoms with Crippen LogP contribution in [0.25, 0.3) is 0 Å². The van der Waals surface area contributed by atoms with Crippen LogP contribution in [-0.4, -0.2) is 34.5 Å². The molecule has 0 spiro atoms. The van der Waals surface area contributed by atoms with Crippen LogP contribution in [0, 0.1) is 0 Å². The van der Waals surface area contributed by atoms with Gasteiger partial charge in [0.1, 0.15) is 6.04 Å². The van der Waals surface area contributed by atoms with Crippen molar-refractivity contribution in [2.45, 2.75) is 90.0 Å². The Morgan fingerprint density at radius 2 is 1.57 bits per heavy atom. The van der Waals surface area contributed by atoms with E-state index in [9.17, 15) is 9.59 Å². The number of hydrogen-bond donors (Lipinski definition) is 1. The van der Waals surface area contributed by atoms with E-state index in [1.807, 2.05) is 0 Å². The highest BCUT2D eigenvalue weighted by atomic mass is 16.4. The van der Waals surface area contributed by atoms with Crippen molar-refractivity contribution in [1.82, 2.24) is 4.90 Å². The summed E-state index contributed by atoms with van der Waals surface area (Å²) in [6, 6.07) is -0.573. The number of likely N-dealkylation sites (tertiary alicyclic amines) is 1. The molecule has 0 aromatic heterocycles. The minimum atomic E-state index is -0.854. The third-order valence-electron chi connectivity index (χ3n) is 4.35. The third kappa shape index (κ3) is 6.96. The van der Waals surface area contributed by atoms with Gasteiger partial charge in [0.15, 0.2) is 0 Å². The van der Waals surface area contributed by atoms with Crippen LogP contribution in [0.2, 0.25) is 0 Å². The molecular weight excluding hydrogens is 266 g/mol. The van der Waals surface area contributed by atoms with E-state index in [4.69, 9.17) is 5.11 Å². The molecular formula is C17H31NO3. The molecule has 4 nitrogen and oxygen atoms in total. The summed E-state index contributed by atoms with van der Waals surface area (Å²) in [6.07, 6.45) is 13.0. The number of carboxylic acid groups (broad SMARTS) is 1. The van der Waals surface area contributed by atoms with Crippen LogP contribution in [0.15, 0.2) is 0 Å². The number of rotatable bonds is 11. The average Bonchev–Trinajstić information content (AvgIpc) is 2.95. The lowest BCUT2D eigenvalue weighted by Gasteiger charge is -2.21.